The maximum absolute atomic E-state index is 13.6. The Kier molecular flexibility index (Phi) is 7.98. The van der Waals surface area contributed by atoms with Crippen molar-refractivity contribution in [3.8, 4) is 17.6 Å². The third-order valence-electron chi connectivity index (χ3n) is 7.14. The van der Waals surface area contributed by atoms with E-state index in [1.54, 1.807) is 36.4 Å². The minimum Gasteiger partial charge on any atom is -0.495 e. The predicted octanol–water partition coefficient (Wildman–Crippen LogP) is 5.99. The van der Waals surface area contributed by atoms with Gasteiger partial charge in [-0.1, -0.05) is 29.7 Å². The summed E-state index contributed by atoms with van der Waals surface area (Å²) < 4.78 is 47.3. The smallest absolute Gasteiger partial charge is 0.406 e. The molecule has 3 N–H and O–H groups in total. The van der Waals surface area contributed by atoms with E-state index < -0.39 is 18.3 Å². The summed E-state index contributed by atoms with van der Waals surface area (Å²) in [6.45, 7) is -0.909. The summed E-state index contributed by atoms with van der Waals surface area (Å²) in [4.78, 5) is 2.21. The number of hydrogen-bond donors (Lipinski definition) is 2. The molecule has 0 saturated heterocycles. The van der Waals surface area contributed by atoms with Gasteiger partial charge in [-0.2, -0.15) is 13.2 Å². The van der Waals surface area contributed by atoms with E-state index in [9.17, 15) is 13.2 Å². The van der Waals surface area contributed by atoms with Gasteiger partial charge in [-0.3, -0.25) is 0 Å². The number of nitrogens with two attached hydrogens (primary N) is 1. The molecule has 0 radical (unpaired) electrons. The molecular formula is C28H32ClF3N4O. The fraction of sp³-hybridized carbons (Fsp3) is 0.429. The lowest BCUT2D eigenvalue weighted by molar-refractivity contribution is -0.140. The summed E-state index contributed by atoms with van der Waals surface area (Å²) in [5.74, 6) is 6.46. The van der Waals surface area contributed by atoms with Gasteiger partial charge in [-0.05, 0) is 75.5 Å². The van der Waals surface area contributed by atoms with E-state index in [2.05, 4.69) is 36.2 Å². The molecule has 0 unspecified atom stereocenters. The highest BCUT2D eigenvalue weighted by atomic mass is 35.5. The van der Waals surface area contributed by atoms with Crippen LogP contribution in [-0.4, -0.2) is 49.4 Å². The van der Waals surface area contributed by atoms with Crippen LogP contribution in [0.1, 0.15) is 36.9 Å². The van der Waals surface area contributed by atoms with Crippen molar-refractivity contribution in [1.29, 1.82) is 0 Å². The van der Waals surface area contributed by atoms with Gasteiger partial charge in [0.1, 0.15) is 12.3 Å². The maximum Gasteiger partial charge on any atom is 0.406 e. The van der Waals surface area contributed by atoms with E-state index in [4.69, 9.17) is 22.1 Å². The summed E-state index contributed by atoms with van der Waals surface area (Å²) in [5.41, 5.74) is 8.68. The van der Waals surface area contributed by atoms with Crippen LogP contribution in [0.3, 0.4) is 0 Å². The van der Waals surface area contributed by atoms with Gasteiger partial charge in [0, 0.05) is 33.6 Å². The lowest BCUT2D eigenvalue weighted by Gasteiger charge is -2.40. The van der Waals surface area contributed by atoms with Crippen LogP contribution in [0.2, 0.25) is 5.02 Å². The molecule has 0 bridgehead atoms. The quantitative estimate of drug-likeness (QED) is 0.383. The van der Waals surface area contributed by atoms with Gasteiger partial charge in [-0.15, -0.1) is 0 Å². The van der Waals surface area contributed by atoms with E-state index in [1.807, 2.05) is 6.07 Å². The Bertz CT molecular complexity index is 1310. The van der Waals surface area contributed by atoms with E-state index in [-0.39, 0.29) is 6.54 Å². The number of hydrogen-bond acceptors (Lipinski definition) is 4. The Morgan fingerprint density at radius 1 is 1.19 bits per heavy atom. The van der Waals surface area contributed by atoms with Gasteiger partial charge in [0.2, 0.25) is 0 Å². The van der Waals surface area contributed by atoms with Crippen LogP contribution in [0.5, 0.6) is 5.75 Å². The van der Waals surface area contributed by atoms with Gasteiger partial charge in [0.25, 0.3) is 0 Å². The van der Waals surface area contributed by atoms with Crippen molar-refractivity contribution in [1.82, 2.24) is 9.47 Å². The number of aromatic nitrogens is 1. The Hall–Kier alpha value is -2.86. The van der Waals surface area contributed by atoms with Crippen LogP contribution >= 0.6 is 11.6 Å². The van der Waals surface area contributed by atoms with E-state index in [0.717, 1.165) is 36.6 Å². The summed E-state index contributed by atoms with van der Waals surface area (Å²) in [7, 11) is 5.66. The SMILES string of the molecule is COc1cc(Cl)ccc1NCC#Cc1cc2c(C3(N)CCC(N(C)C)CC3)cccc2n1CC(F)(F)F. The summed E-state index contributed by atoms with van der Waals surface area (Å²) in [6.07, 6.45) is -0.969. The predicted molar refractivity (Wildman–Crippen MR) is 143 cm³/mol. The fourth-order valence-electron chi connectivity index (χ4n) is 5.16. The largest absolute Gasteiger partial charge is 0.495 e. The molecule has 198 valence electrons. The van der Waals surface area contributed by atoms with Crippen molar-refractivity contribution in [3.05, 3.63) is 58.7 Å². The number of rotatable bonds is 6. The molecule has 0 spiro atoms. The number of anilines is 1. The first-order chi connectivity index (χ1) is 17.5. The zero-order valence-corrected chi connectivity index (χ0v) is 22.0. The fourth-order valence-corrected chi connectivity index (χ4v) is 5.32. The molecule has 37 heavy (non-hydrogen) atoms. The average molecular weight is 533 g/mol. The number of methoxy groups -OCH3 is 1. The molecule has 1 aliphatic rings. The molecule has 1 saturated carbocycles. The summed E-state index contributed by atoms with van der Waals surface area (Å²) in [5, 5.41) is 4.40. The molecule has 2 aromatic carbocycles. The van der Waals surface area contributed by atoms with Crippen LogP contribution in [0.15, 0.2) is 42.5 Å². The number of fused-ring (bicyclic) bond motifs is 1. The third-order valence-corrected chi connectivity index (χ3v) is 7.38. The van der Waals surface area contributed by atoms with E-state index >= 15 is 0 Å². The third kappa shape index (κ3) is 6.18. The van der Waals surface area contributed by atoms with Gasteiger partial charge >= 0.3 is 6.18 Å². The zero-order chi connectivity index (χ0) is 26.8. The van der Waals surface area contributed by atoms with Crippen molar-refractivity contribution in [2.75, 3.05) is 33.1 Å². The second-order valence-corrected chi connectivity index (χ2v) is 10.3. The van der Waals surface area contributed by atoms with Crippen LogP contribution in [-0.2, 0) is 12.1 Å². The monoisotopic (exact) mass is 532 g/mol. The molecule has 3 aromatic rings. The van der Waals surface area contributed by atoms with Crippen molar-refractivity contribution in [2.24, 2.45) is 5.73 Å². The molecule has 0 amide bonds. The molecule has 5 nitrogen and oxygen atoms in total. The Labute approximate surface area is 220 Å². The van der Waals surface area contributed by atoms with E-state index in [0.29, 0.717) is 33.7 Å². The molecule has 4 rings (SSSR count). The molecular weight excluding hydrogens is 501 g/mol. The zero-order valence-electron chi connectivity index (χ0n) is 21.3. The number of halogens is 4. The highest BCUT2D eigenvalue weighted by molar-refractivity contribution is 6.30. The standard InChI is InChI=1S/C28H32ClF3N4O/c1-35(2)20-11-13-27(33,14-12-20)23-7-4-8-25-22(23)17-21(36(25)18-28(30,31)32)6-5-15-34-24-10-9-19(29)16-26(24)37-3/h4,7-10,16-17,20,34H,11-15,18,33H2,1-3H3. The molecule has 1 fully saturated rings. The number of nitrogens with zero attached hydrogens (tertiary/aromatic N) is 2. The normalized spacial score (nSPS) is 20.1. The van der Waals surface area contributed by atoms with Crippen LogP contribution in [0, 0.1) is 11.8 Å². The second kappa shape index (κ2) is 10.9. The van der Waals surface area contributed by atoms with Crippen molar-refractivity contribution < 1.29 is 17.9 Å². The summed E-state index contributed by atoms with van der Waals surface area (Å²) in [6, 6.07) is 12.8. The van der Waals surface area contributed by atoms with Crippen molar-refractivity contribution in [3.63, 3.8) is 0 Å². The first kappa shape index (κ1) is 27.2. The average Bonchev–Trinajstić information content (AvgIpc) is 3.18. The molecule has 1 aromatic heterocycles. The van der Waals surface area contributed by atoms with Crippen LogP contribution < -0.4 is 15.8 Å². The lowest BCUT2D eigenvalue weighted by atomic mass is 9.74. The van der Waals surface area contributed by atoms with Gasteiger partial charge in [-0.25, -0.2) is 0 Å². The minimum absolute atomic E-state index is 0.213. The van der Waals surface area contributed by atoms with Crippen molar-refractivity contribution >= 4 is 28.2 Å². The Balaban J connectivity index is 1.66. The Morgan fingerprint density at radius 3 is 2.57 bits per heavy atom. The van der Waals surface area contributed by atoms with Gasteiger partial charge < -0.3 is 25.3 Å². The number of ether oxygens (including phenoxy) is 1. The first-order valence-corrected chi connectivity index (χ1v) is 12.6. The number of alkyl halides is 3. The van der Waals surface area contributed by atoms with Crippen molar-refractivity contribution in [2.45, 2.75) is 50.0 Å². The summed E-state index contributed by atoms with van der Waals surface area (Å²) >= 11 is 6.00. The molecule has 1 aliphatic carbocycles. The molecule has 0 atom stereocenters. The van der Waals surface area contributed by atoms with Crippen LogP contribution in [0.25, 0.3) is 10.9 Å². The van der Waals surface area contributed by atoms with E-state index in [1.165, 1.54) is 11.7 Å². The minimum atomic E-state index is -4.39. The lowest BCUT2D eigenvalue weighted by Crippen LogP contribution is -2.44. The highest BCUT2D eigenvalue weighted by Gasteiger charge is 2.36. The molecule has 0 aliphatic heterocycles. The first-order valence-electron chi connectivity index (χ1n) is 12.2. The highest BCUT2D eigenvalue weighted by Crippen LogP contribution is 2.40. The number of nitrogens with one attached hydrogen (secondary N) is 1. The molecule has 9 heteroatoms. The topological polar surface area (TPSA) is 55.5 Å². The number of benzene rings is 2. The maximum atomic E-state index is 13.6. The van der Waals surface area contributed by atoms with Gasteiger partial charge in [0.05, 0.1) is 25.0 Å². The van der Waals surface area contributed by atoms with Crippen LogP contribution in [0.4, 0.5) is 18.9 Å². The molecule has 1 heterocycles. The van der Waals surface area contributed by atoms with Gasteiger partial charge in [0.15, 0.2) is 0 Å². The Morgan fingerprint density at radius 2 is 1.92 bits per heavy atom. The second-order valence-electron chi connectivity index (χ2n) is 9.82.